The molecule has 9 nitrogen and oxygen atoms in total. The largest absolute Gasteiger partial charge is 0.467 e. The summed E-state index contributed by atoms with van der Waals surface area (Å²) in [6.45, 7) is 2.54. The number of fused-ring (bicyclic) bond motifs is 1. The molecule has 1 aliphatic heterocycles. The fraction of sp³-hybridized carbons (Fsp3) is 0.286. The lowest BCUT2D eigenvalue weighted by Crippen LogP contribution is -2.45. The quantitative estimate of drug-likeness (QED) is 0.528. The summed E-state index contributed by atoms with van der Waals surface area (Å²) < 4.78 is 10.2. The molecule has 0 spiro atoms. The second kappa shape index (κ2) is 7.83. The fourth-order valence-electron chi connectivity index (χ4n) is 2.81. The van der Waals surface area contributed by atoms with Crippen LogP contribution in [-0.2, 0) is 16.1 Å². The van der Waals surface area contributed by atoms with Gasteiger partial charge in [0, 0.05) is 7.05 Å². The molecule has 30 heavy (non-hydrogen) atoms. The van der Waals surface area contributed by atoms with Crippen molar-refractivity contribution in [2.45, 2.75) is 25.9 Å². The molecule has 0 aliphatic carbocycles. The lowest BCUT2D eigenvalue weighted by molar-refractivity contribution is -0.136. The van der Waals surface area contributed by atoms with Crippen molar-refractivity contribution in [1.82, 2.24) is 9.80 Å². The van der Waals surface area contributed by atoms with Crippen molar-refractivity contribution in [2.75, 3.05) is 13.7 Å². The molecule has 0 bridgehead atoms. The maximum Gasteiger partial charge on any atom is 0.338 e. The summed E-state index contributed by atoms with van der Waals surface area (Å²) in [5.74, 6) is -1.95. The highest BCUT2D eigenvalue weighted by Crippen LogP contribution is 2.26. The number of hydrogen-bond donors (Lipinski definition) is 0. The van der Waals surface area contributed by atoms with Gasteiger partial charge in [0.15, 0.2) is 6.61 Å². The third-order valence-electron chi connectivity index (χ3n) is 4.91. The molecule has 0 unspecified atom stereocenters. The molecule has 154 valence electrons. The molecule has 0 fully saturated rings. The van der Waals surface area contributed by atoms with Crippen LogP contribution in [0, 0.1) is 11.3 Å². The van der Waals surface area contributed by atoms with Crippen LogP contribution in [0.25, 0.3) is 0 Å². The first-order valence-corrected chi connectivity index (χ1v) is 9.03. The zero-order valence-corrected chi connectivity index (χ0v) is 16.7. The molecule has 2 aromatic rings. The van der Waals surface area contributed by atoms with Gasteiger partial charge >= 0.3 is 5.97 Å². The summed E-state index contributed by atoms with van der Waals surface area (Å²) >= 11 is 0. The normalized spacial score (nSPS) is 13.1. The molecule has 1 aromatic carbocycles. The number of rotatable bonds is 6. The average Bonchev–Trinajstić information content (AvgIpc) is 3.34. The van der Waals surface area contributed by atoms with E-state index in [4.69, 9.17) is 14.4 Å². The minimum absolute atomic E-state index is 0.0192. The molecule has 3 amide bonds. The van der Waals surface area contributed by atoms with E-state index in [9.17, 15) is 19.2 Å². The lowest BCUT2D eigenvalue weighted by atomic mass is 10.1. The maximum absolute atomic E-state index is 12.6. The molecule has 0 saturated carbocycles. The van der Waals surface area contributed by atoms with Gasteiger partial charge in [-0.3, -0.25) is 19.3 Å². The highest BCUT2D eigenvalue weighted by atomic mass is 16.5. The van der Waals surface area contributed by atoms with Crippen LogP contribution in [-0.4, -0.2) is 52.7 Å². The Labute approximate surface area is 172 Å². The minimum Gasteiger partial charge on any atom is -0.467 e. The third-order valence-corrected chi connectivity index (χ3v) is 4.91. The number of esters is 1. The molecule has 3 rings (SSSR count). The number of benzene rings is 1. The zero-order valence-electron chi connectivity index (χ0n) is 16.7. The summed E-state index contributed by atoms with van der Waals surface area (Å²) in [5.41, 5.74) is -0.768. The number of likely N-dealkylation sites (N-methyl/N-ethyl adjacent to an activating group) is 1. The van der Waals surface area contributed by atoms with Gasteiger partial charge in [0.1, 0.15) is 11.3 Å². The standard InChI is InChI=1S/C21H19N3O6/c1-21(2,12-22)23(3)17(25)11-30-20(28)13-6-7-15-16(9-13)19(27)24(18(15)26)10-14-5-4-8-29-14/h4-9H,10-11H2,1-3H3. The number of hydrogen-bond acceptors (Lipinski definition) is 7. The number of furan rings is 1. The van der Waals surface area contributed by atoms with E-state index in [0.717, 1.165) is 4.90 Å². The molecule has 1 aromatic heterocycles. The van der Waals surface area contributed by atoms with Gasteiger partial charge < -0.3 is 14.1 Å². The summed E-state index contributed by atoms with van der Waals surface area (Å²) in [6, 6.07) is 9.28. The van der Waals surface area contributed by atoms with E-state index in [0.29, 0.717) is 5.76 Å². The van der Waals surface area contributed by atoms with E-state index >= 15 is 0 Å². The lowest BCUT2D eigenvalue weighted by Gasteiger charge is -2.28. The second-order valence-electron chi connectivity index (χ2n) is 7.24. The van der Waals surface area contributed by atoms with Crippen molar-refractivity contribution in [3.8, 4) is 6.07 Å². The first kappa shape index (κ1) is 20.8. The van der Waals surface area contributed by atoms with Crippen LogP contribution in [0.3, 0.4) is 0 Å². The van der Waals surface area contributed by atoms with Crippen molar-refractivity contribution in [2.24, 2.45) is 0 Å². The Balaban J connectivity index is 1.70. The van der Waals surface area contributed by atoms with Gasteiger partial charge in [-0.1, -0.05) is 0 Å². The van der Waals surface area contributed by atoms with Crippen LogP contribution in [0.15, 0.2) is 41.0 Å². The van der Waals surface area contributed by atoms with Crippen molar-refractivity contribution >= 4 is 23.7 Å². The van der Waals surface area contributed by atoms with Gasteiger partial charge in [0.05, 0.1) is 35.6 Å². The van der Waals surface area contributed by atoms with Gasteiger partial charge in [-0.05, 0) is 44.2 Å². The third kappa shape index (κ3) is 3.80. The monoisotopic (exact) mass is 409 g/mol. The summed E-state index contributed by atoms with van der Waals surface area (Å²) in [7, 11) is 1.44. The maximum atomic E-state index is 12.6. The smallest absolute Gasteiger partial charge is 0.338 e. The number of imide groups is 1. The van der Waals surface area contributed by atoms with Crippen molar-refractivity contribution in [1.29, 1.82) is 5.26 Å². The number of nitriles is 1. The Kier molecular flexibility index (Phi) is 5.43. The molecule has 1 aliphatic rings. The molecular weight excluding hydrogens is 390 g/mol. The predicted octanol–water partition coefficient (Wildman–Crippen LogP) is 1.99. The van der Waals surface area contributed by atoms with E-state index in [-0.39, 0.29) is 23.2 Å². The van der Waals surface area contributed by atoms with E-state index in [1.807, 2.05) is 6.07 Å². The minimum atomic E-state index is -1.05. The van der Waals surface area contributed by atoms with Crippen LogP contribution in [0.4, 0.5) is 0 Å². The average molecular weight is 409 g/mol. The Morgan fingerprint density at radius 1 is 1.20 bits per heavy atom. The number of amides is 3. The molecule has 0 saturated heterocycles. The van der Waals surface area contributed by atoms with E-state index in [2.05, 4.69) is 0 Å². The Morgan fingerprint density at radius 3 is 2.53 bits per heavy atom. The topological polar surface area (TPSA) is 121 Å². The van der Waals surface area contributed by atoms with Crippen molar-refractivity contribution in [3.63, 3.8) is 0 Å². The van der Waals surface area contributed by atoms with Gasteiger partial charge in [0.2, 0.25) is 0 Å². The van der Waals surface area contributed by atoms with Gasteiger partial charge in [0.25, 0.3) is 17.7 Å². The fourth-order valence-corrected chi connectivity index (χ4v) is 2.81. The Hall–Kier alpha value is -3.93. The first-order valence-electron chi connectivity index (χ1n) is 9.03. The van der Waals surface area contributed by atoms with Crippen molar-refractivity contribution < 1.29 is 28.3 Å². The second-order valence-corrected chi connectivity index (χ2v) is 7.24. The van der Waals surface area contributed by atoms with E-state index in [1.165, 1.54) is 36.4 Å². The molecule has 0 atom stereocenters. The number of ether oxygens (including phenoxy) is 1. The van der Waals surface area contributed by atoms with Gasteiger partial charge in [-0.2, -0.15) is 5.26 Å². The molecule has 0 N–H and O–H groups in total. The van der Waals surface area contributed by atoms with E-state index < -0.39 is 35.8 Å². The Morgan fingerprint density at radius 2 is 1.90 bits per heavy atom. The highest BCUT2D eigenvalue weighted by Gasteiger charge is 2.36. The van der Waals surface area contributed by atoms with Crippen LogP contribution in [0.2, 0.25) is 0 Å². The van der Waals surface area contributed by atoms with Crippen molar-refractivity contribution in [3.05, 3.63) is 59.0 Å². The van der Waals surface area contributed by atoms with Gasteiger partial charge in [-0.15, -0.1) is 0 Å². The van der Waals surface area contributed by atoms with Crippen LogP contribution < -0.4 is 0 Å². The molecular formula is C21H19N3O6. The summed E-state index contributed by atoms with van der Waals surface area (Å²) in [5, 5.41) is 9.09. The van der Waals surface area contributed by atoms with Crippen LogP contribution in [0.1, 0.15) is 50.7 Å². The van der Waals surface area contributed by atoms with Crippen LogP contribution >= 0.6 is 0 Å². The van der Waals surface area contributed by atoms with Crippen LogP contribution in [0.5, 0.6) is 0 Å². The number of carbonyl (C=O) groups excluding carboxylic acids is 4. The summed E-state index contributed by atoms with van der Waals surface area (Å²) in [4.78, 5) is 51.8. The summed E-state index contributed by atoms with van der Waals surface area (Å²) in [6.07, 6.45) is 1.44. The molecule has 0 radical (unpaired) electrons. The first-order chi connectivity index (χ1) is 14.2. The number of carbonyl (C=O) groups is 4. The molecule has 2 heterocycles. The van der Waals surface area contributed by atoms with Gasteiger partial charge in [-0.25, -0.2) is 4.79 Å². The zero-order chi connectivity index (χ0) is 22.1. The SMILES string of the molecule is CN(C(=O)COC(=O)c1ccc2c(c1)C(=O)N(Cc1ccco1)C2=O)C(C)(C)C#N. The Bertz CT molecular complexity index is 1060. The highest BCUT2D eigenvalue weighted by molar-refractivity contribution is 6.21. The van der Waals surface area contributed by atoms with E-state index in [1.54, 1.807) is 26.0 Å². The molecule has 9 heteroatoms. The predicted molar refractivity (Wildman–Crippen MR) is 102 cm³/mol. The number of nitrogens with zero attached hydrogens (tertiary/aromatic N) is 3.